The van der Waals surface area contributed by atoms with E-state index in [0.717, 1.165) is 16.3 Å². The molecule has 120 valence electrons. The molecule has 0 saturated carbocycles. The molecular formula is C16H21ClN2O2S. The van der Waals surface area contributed by atoms with Gasteiger partial charge < -0.3 is 10.1 Å². The number of thioether (sulfide) groups is 1. The van der Waals surface area contributed by atoms with E-state index >= 15 is 0 Å². The fourth-order valence-electron chi connectivity index (χ4n) is 2.26. The number of nitrogens with one attached hydrogen (secondary N) is 1. The first kappa shape index (κ1) is 17.2. The van der Waals surface area contributed by atoms with E-state index in [2.05, 4.69) is 10.3 Å². The molecule has 0 fully saturated rings. The van der Waals surface area contributed by atoms with Crippen LogP contribution >= 0.6 is 23.4 Å². The Kier molecular flexibility index (Phi) is 5.40. The van der Waals surface area contributed by atoms with E-state index in [1.165, 1.54) is 0 Å². The number of benzene rings is 1. The van der Waals surface area contributed by atoms with Gasteiger partial charge in [0, 0.05) is 17.5 Å². The zero-order valence-electron chi connectivity index (χ0n) is 13.3. The maximum Gasteiger partial charge on any atom is 0.407 e. The number of carbonyl (C=O) groups is 1. The molecule has 2 rings (SSSR count). The minimum absolute atomic E-state index is 0.0548. The number of amides is 1. The number of ether oxygens (including phenoxy) is 1. The standard InChI is InChI=1S/C16H21ClN2O2S/c1-16(2,3)21-15(20)18-12-8-10-7-11(17)5-6-13(10)19-14(9-12)22-4/h5-7,12H,8-9H2,1-4H3,(H,18,20). The van der Waals surface area contributed by atoms with Gasteiger partial charge in [-0.05, 0) is 57.2 Å². The summed E-state index contributed by atoms with van der Waals surface area (Å²) in [5.74, 6) is 0. The van der Waals surface area contributed by atoms with Crippen LogP contribution in [0.1, 0.15) is 32.8 Å². The van der Waals surface area contributed by atoms with Gasteiger partial charge >= 0.3 is 6.09 Å². The monoisotopic (exact) mass is 340 g/mol. The van der Waals surface area contributed by atoms with Gasteiger partial charge in [-0.25, -0.2) is 9.79 Å². The number of aliphatic imine (C=N–C) groups is 1. The lowest BCUT2D eigenvalue weighted by molar-refractivity contribution is 0.0506. The summed E-state index contributed by atoms with van der Waals surface area (Å²) in [5, 5.41) is 4.61. The first-order chi connectivity index (χ1) is 10.3. The molecule has 0 saturated heterocycles. The summed E-state index contributed by atoms with van der Waals surface area (Å²) in [5.41, 5.74) is 1.45. The van der Waals surface area contributed by atoms with E-state index in [1.54, 1.807) is 11.8 Å². The van der Waals surface area contributed by atoms with Crippen molar-refractivity contribution in [1.82, 2.24) is 5.32 Å². The zero-order chi connectivity index (χ0) is 16.3. The maximum absolute atomic E-state index is 12.0. The summed E-state index contributed by atoms with van der Waals surface area (Å²) in [4.78, 5) is 16.7. The average Bonchev–Trinajstić information content (AvgIpc) is 2.54. The fourth-order valence-corrected chi connectivity index (χ4v) is 3.01. The third-order valence-corrected chi connectivity index (χ3v) is 4.09. The third kappa shape index (κ3) is 4.92. The van der Waals surface area contributed by atoms with Gasteiger partial charge in [-0.3, -0.25) is 0 Å². The van der Waals surface area contributed by atoms with E-state index in [-0.39, 0.29) is 6.04 Å². The fraction of sp³-hybridized carbons (Fsp3) is 0.500. The summed E-state index contributed by atoms with van der Waals surface area (Å²) >= 11 is 7.67. The third-order valence-electron chi connectivity index (χ3n) is 3.13. The SMILES string of the molecule is CSC1=Nc2ccc(Cl)cc2CC(NC(=O)OC(C)(C)C)C1. The van der Waals surface area contributed by atoms with Gasteiger partial charge in [0.25, 0.3) is 0 Å². The predicted octanol–water partition coefficient (Wildman–Crippen LogP) is 4.57. The van der Waals surface area contributed by atoms with Crippen molar-refractivity contribution in [2.45, 2.75) is 45.3 Å². The Labute approximate surface area is 140 Å². The Bertz CT molecular complexity index is 596. The van der Waals surface area contributed by atoms with E-state index < -0.39 is 11.7 Å². The Balaban J connectivity index is 2.17. The highest BCUT2D eigenvalue weighted by Gasteiger charge is 2.23. The molecule has 22 heavy (non-hydrogen) atoms. The highest BCUT2D eigenvalue weighted by molar-refractivity contribution is 8.13. The lowest BCUT2D eigenvalue weighted by atomic mass is 10.0. The number of hydrogen-bond acceptors (Lipinski definition) is 4. The smallest absolute Gasteiger partial charge is 0.407 e. The molecule has 1 aromatic carbocycles. The molecule has 6 heteroatoms. The zero-order valence-corrected chi connectivity index (χ0v) is 14.8. The van der Waals surface area contributed by atoms with Gasteiger partial charge in [0.2, 0.25) is 0 Å². The lowest BCUT2D eigenvalue weighted by Gasteiger charge is -2.23. The van der Waals surface area contributed by atoms with Gasteiger partial charge in [-0.15, -0.1) is 11.8 Å². The van der Waals surface area contributed by atoms with Gasteiger partial charge in [0.15, 0.2) is 0 Å². The molecule has 1 atom stereocenters. The molecule has 1 N–H and O–H groups in total. The summed E-state index contributed by atoms with van der Waals surface area (Å²) in [6, 6.07) is 5.61. The van der Waals surface area contributed by atoms with Crippen molar-refractivity contribution in [3.63, 3.8) is 0 Å². The number of carbonyl (C=O) groups excluding carboxylic acids is 1. The lowest BCUT2D eigenvalue weighted by Crippen LogP contribution is -2.40. The van der Waals surface area contributed by atoms with Gasteiger partial charge in [0.1, 0.15) is 5.60 Å². The maximum atomic E-state index is 12.0. The van der Waals surface area contributed by atoms with E-state index in [1.807, 2.05) is 45.2 Å². The second kappa shape index (κ2) is 6.92. The van der Waals surface area contributed by atoms with Crippen LogP contribution in [0.5, 0.6) is 0 Å². The Morgan fingerprint density at radius 3 is 2.77 bits per heavy atom. The Morgan fingerprint density at radius 2 is 2.14 bits per heavy atom. The number of hydrogen-bond donors (Lipinski definition) is 1. The van der Waals surface area contributed by atoms with Crippen LogP contribution in [0, 0.1) is 0 Å². The van der Waals surface area contributed by atoms with Crippen molar-refractivity contribution >= 4 is 40.2 Å². The van der Waals surface area contributed by atoms with Crippen molar-refractivity contribution in [3.8, 4) is 0 Å². The van der Waals surface area contributed by atoms with Crippen LogP contribution in [0.2, 0.25) is 5.02 Å². The predicted molar refractivity (Wildman–Crippen MR) is 93.5 cm³/mol. The molecule has 0 bridgehead atoms. The molecule has 0 aromatic heterocycles. The molecule has 1 heterocycles. The molecule has 1 amide bonds. The van der Waals surface area contributed by atoms with E-state index in [9.17, 15) is 4.79 Å². The summed E-state index contributed by atoms with van der Waals surface area (Å²) in [6.45, 7) is 5.55. The quantitative estimate of drug-likeness (QED) is 0.814. The van der Waals surface area contributed by atoms with Gasteiger partial charge in [0.05, 0.1) is 10.7 Å². The molecule has 0 spiro atoms. The highest BCUT2D eigenvalue weighted by atomic mass is 35.5. The van der Waals surface area contributed by atoms with Gasteiger partial charge in [-0.2, -0.15) is 0 Å². The first-order valence-corrected chi connectivity index (χ1v) is 8.76. The minimum atomic E-state index is -0.507. The summed E-state index contributed by atoms with van der Waals surface area (Å²) in [7, 11) is 0. The van der Waals surface area contributed by atoms with Crippen molar-refractivity contribution < 1.29 is 9.53 Å². The van der Waals surface area contributed by atoms with E-state index in [0.29, 0.717) is 17.9 Å². The van der Waals surface area contributed by atoms with Crippen LogP contribution < -0.4 is 5.32 Å². The molecule has 4 nitrogen and oxygen atoms in total. The molecule has 0 radical (unpaired) electrons. The topological polar surface area (TPSA) is 50.7 Å². The first-order valence-electron chi connectivity index (χ1n) is 7.16. The number of alkyl carbamates (subject to hydrolysis) is 1. The molecule has 1 aromatic rings. The number of fused-ring (bicyclic) bond motifs is 1. The van der Waals surface area contributed by atoms with Crippen LogP contribution in [0.4, 0.5) is 10.5 Å². The van der Waals surface area contributed by atoms with Crippen LogP contribution in [-0.4, -0.2) is 29.0 Å². The Hall–Kier alpha value is -1.20. The van der Waals surface area contributed by atoms with Crippen molar-refractivity contribution in [2.75, 3.05) is 6.26 Å². The van der Waals surface area contributed by atoms with Crippen molar-refractivity contribution in [1.29, 1.82) is 0 Å². The summed E-state index contributed by atoms with van der Waals surface area (Å²) in [6.07, 6.45) is 2.96. The largest absolute Gasteiger partial charge is 0.444 e. The second-order valence-electron chi connectivity index (χ2n) is 6.23. The number of rotatable bonds is 1. The van der Waals surface area contributed by atoms with Crippen molar-refractivity contribution in [3.05, 3.63) is 28.8 Å². The summed E-state index contributed by atoms with van der Waals surface area (Å²) < 4.78 is 5.34. The normalized spacial score (nSPS) is 18.0. The molecule has 1 unspecified atom stereocenters. The molecule has 1 aliphatic rings. The second-order valence-corrected chi connectivity index (χ2v) is 7.55. The molecule has 0 aliphatic carbocycles. The number of nitrogens with zero attached hydrogens (tertiary/aromatic N) is 1. The van der Waals surface area contributed by atoms with E-state index in [4.69, 9.17) is 16.3 Å². The van der Waals surface area contributed by atoms with Crippen LogP contribution in [0.15, 0.2) is 23.2 Å². The minimum Gasteiger partial charge on any atom is -0.444 e. The Morgan fingerprint density at radius 1 is 1.41 bits per heavy atom. The van der Waals surface area contributed by atoms with Crippen LogP contribution in [-0.2, 0) is 11.2 Å². The molecular weight excluding hydrogens is 320 g/mol. The average molecular weight is 341 g/mol. The van der Waals surface area contributed by atoms with Crippen LogP contribution in [0.25, 0.3) is 0 Å². The van der Waals surface area contributed by atoms with Crippen molar-refractivity contribution in [2.24, 2.45) is 4.99 Å². The van der Waals surface area contributed by atoms with Crippen LogP contribution in [0.3, 0.4) is 0 Å². The molecule has 1 aliphatic heterocycles. The highest BCUT2D eigenvalue weighted by Crippen LogP contribution is 2.30. The number of halogens is 1. The van der Waals surface area contributed by atoms with Gasteiger partial charge in [-0.1, -0.05) is 11.6 Å².